The molecule has 1 aliphatic rings. The summed E-state index contributed by atoms with van der Waals surface area (Å²) in [4.78, 5) is 4.46. The van der Waals surface area contributed by atoms with Crippen molar-refractivity contribution in [2.45, 2.75) is 31.6 Å². The first-order valence-electron chi connectivity index (χ1n) is 7.22. The molecule has 0 unspecified atom stereocenters. The highest BCUT2D eigenvalue weighted by molar-refractivity contribution is 5.47. The van der Waals surface area contributed by atoms with Crippen LogP contribution in [0.1, 0.15) is 37.5 Å². The molecule has 2 aromatic rings. The van der Waals surface area contributed by atoms with Crippen LogP contribution in [0, 0.1) is 5.92 Å². The van der Waals surface area contributed by atoms with Gasteiger partial charge >= 0.3 is 0 Å². The molecular weight excluding hydrogens is 270 g/mol. The van der Waals surface area contributed by atoms with E-state index in [-0.39, 0.29) is 0 Å². The predicted octanol–water partition coefficient (Wildman–Crippen LogP) is 1.77. The number of hydrogen-bond donors (Lipinski definition) is 1. The van der Waals surface area contributed by atoms with E-state index in [9.17, 15) is 0 Å². The molecule has 1 fully saturated rings. The van der Waals surface area contributed by atoms with Gasteiger partial charge in [-0.1, -0.05) is 5.16 Å². The van der Waals surface area contributed by atoms with Crippen LogP contribution in [-0.2, 0) is 0 Å². The molecule has 2 aromatic heterocycles. The van der Waals surface area contributed by atoms with Gasteiger partial charge < -0.3 is 15.0 Å². The highest BCUT2D eigenvalue weighted by atomic mass is 16.5. The Hall–Kier alpha value is -2.02. The lowest BCUT2D eigenvalue weighted by Gasteiger charge is -2.24. The van der Waals surface area contributed by atoms with Crippen molar-refractivity contribution in [3.63, 3.8) is 0 Å². The Morgan fingerprint density at radius 2 is 2.05 bits per heavy atom. The summed E-state index contributed by atoms with van der Waals surface area (Å²) < 4.78 is 10.4. The normalized spacial score (nSPS) is 22.2. The van der Waals surface area contributed by atoms with E-state index >= 15 is 0 Å². The third-order valence-electron chi connectivity index (χ3n) is 4.05. The number of ether oxygens (including phenoxy) is 1. The van der Waals surface area contributed by atoms with E-state index in [4.69, 9.17) is 15.0 Å². The molecular formula is C14H19N5O2. The molecule has 7 heteroatoms. The lowest BCUT2D eigenvalue weighted by molar-refractivity contribution is 0.275. The summed E-state index contributed by atoms with van der Waals surface area (Å²) in [7, 11) is 1.55. The van der Waals surface area contributed by atoms with Crippen molar-refractivity contribution in [2.75, 3.05) is 13.7 Å². The zero-order valence-electron chi connectivity index (χ0n) is 12.0. The number of rotatable bonds is 4. The maximum Gasteiger partial charge on any atom is 0.233 e. The van der Waals surface area contributed by atoms with Crippen molar-refractivity contribution < 1.29 is 9.26 Å². The second-order valence-electron chi connectivity index (χ2n) is 5.37. The average molecular weight is 289 g/mol. The number of nitrogens with zero attached hydrogens (tertiary/aromatic N) is 4. The van der Waals surface area contributed by atoms with Crippen LogP contribution in [-0.4, -0.2) is 34.0 Å². The fourth-order valence-corrected chi connectivity index (χ4v) is 2.70. The van der Waals surface area contributed by atoms with Gasteiger partial charge in [0.2, 0.25) is 17.6 Å². The first kappa shape index (κ1) is 13.9. The van der Waals surface area contributed by atoms with Crippen molar-refractivity contribution in [3.05, 3.63) is 18.0 Å². The van der Waals surface area contributed by atoms with Gasteiger partial charge in [0.1, 0.15) is 5.69 Å². The van der Waals surface area contributed by atoms with E-state index in [1.54, 1.807) is 19.2 Å². The number of methoxy groups -OCH3 is 1. The molecule has 0 radical (unpaired) electrons. The number of aromatic nitrogens is 4. The first-order chi connectivity index (χ1) is 10.3. The molecule has 2 N–H and O–H groups in total. The van der Waals surface area contributed by atoms with E-state index in [1.165, 1.54) is 0 Å². The van der Waals surface area contributed by atoms with Gasteiger partial charge in [0.05, 0.1) is 7.11 Å². The second-order valence-corrected chi connectivity index (χ2v) is 5.37. The largest absolute Gasteiger partial charge is 0.480 e. The second kappa shape index (κ2) is 6.17. The van der Waals surface area contributed by atoms with E-state index in [0.29, 0.717) is 35.1 Å². The summed E-state index contributed by atoms with van der Waals surface area (Å²) in [5.74, 6) is 2.60. The van der Waals surface area contributed by atoms with Gasteiger partial charge in [-0.2, -0.15) is 4.98 Å². The molecule has 0 amide bonds. The van der Waals surface area contributed by atoms with E-state index in [0.717, 1.165) is 32.2 Å². The maximum absolute atomic E-state index is 5.71. The molecule has 0 bridgehead atoms. The van der Waals surface area contributed by atoms with Gasteiger partial charge in [-0.25, -0.2) is 0 Å². The van der Waals surface area contributed by atoms with Crippen LogP contribution >= 0.6 is 0 Å². The van der Waals surface area contributed by atoms with Gasteiger partial charge in [0, 0.05) is 12.0 Å². The fourth-order valence-electron chi connectivity index (χ4n) is 2.70. The van der Waals surface area contributed by atoms with E-state index in [1.807, 2.05) is 0 Å². The monoisotopic (exact) mass is 289 g/mol. The van der Waals surface area contributed by atoms with Crippen LogP contribution in [0.2, 0.25) is 0 Å². The Morgan fingerprint density at radius 1 is 1.24 bits per heavy atom. The van der Waals surface area contributed by atoms with Crippen molar-refractivity contribution >= 4 is 0 Å². The standard InChI is InChI=1S/C14H19N5O2/c1-20-12-7-6-11(17-18-12)13-16-14(21-19-13)10-4-2-9(8-15)3-5-10/h6-7,9-10H,2-5,8,15H2,1H3. The van der Waals surface area contributed by atoms with Crippen LogP contribution < -0.4 is 10.5 Å². The van der Waals surface area contributed by atoms with Crippen molar-refractivity contribution in [1.29, 1.82) is 0 Å². The van der Waals surface area contributed by atoms with E-state index < -0.39 is 0 Å². The molecule has 0 atom stereocenters. The average Bonchev–Trinajstić information content (AvgIpc) is 3.05. The lowest BCUT2D eigenvalue weighted by Crippen LogP contribution is -2.20. The SMILES string of the molecule is COc1ccc(-c2noc(C3CCC(CN)CC3)n2)nn1. The summed E-state index contributed by atoms with van der Waals surface area (Å²) in [6.45, 7) is 0.767. The topological polar surface area (TPSA) is 100.0 Å². The molecule has 3 rings (SSSR count). The van der Waals surface area contributed by atoms with Gasteiger partial charge in [0.15, 0.2) is 0 Å². The molecule has 1 saturated carbocycles. The lowest BCUT2D eigenvalue weighted by atomic mass is 9.82. The van der Waals surface area contributed by atoms with Gasteiger partial charge in [-0.15, -0.1) is 10.2 Å². The summed E-state index contributed by atoms with van der Waals surface area (Å²) in [5.41, 5.74) is 6.30. The molecule has 0 saturated heterocycles. The fraction of sp³-hybridized carbons (Fsp3) is 0.571. The Balaban J connectivity index is 1.71. The summed E-state index contributed by atoms with van der Waals surface area (Å²) in [5, 5.41) is 11.9. The minimum atomic E-state index is 0.334. The highest BCUT2D eigenvalue weighted by Crippen LogP contribution is 2.35. The predicted molar refractivity (Wildman–Crippen MR) is 75.6 cm³/mol. The van der Waals surface area contributed by atoms with Crippen LogP contribution in [0.3, 0.4) is 0 Å². The minimum absolute atomic E-state index is 0.334. The highest BCUT2D eigenvalue weighted by Gasteiger charge is 2.26. The maximum atomic E-state index is 5.71. The summed E-state index contributed by atoms with van der Waals surface area (Å²) in [6, 6.07) is 3.50. The summed E-state index contributed by atoms with van der Waals surface area (Å²) >= 11 is 0. The van der Waals surface area contributed by atoms with E-state index in [2.05, 4.69) is 20.3 Å². The van der Waals surface area contributed by atoms with Crippen LogP contribution in [0.15, 0.2) is 16.7 Å². The van der Waals surface area contributed by atoms with Gasteiger partial charge in [0.25, 0.3) is 0 Å². The number of hydrogen-bond acceptors (Lipinski definition) is 7. The molecule has 0 aliphatic heterocycles. The third kappa shape index (κ3) is 3.02. The third-order valence-corrected chi connectivity index (χ3v) is 4.05. The van der Waals surface area contributed by atoms with Crippen molar-refractivity contribution in [2.24, 2.45) is 11.7 Å². The zero-order chi connectivity index (χ0) is 14.7. The van der Waals surface area contributed by atoms with Gasteiger partial charge in [-0.05, 0) is 44.2 Å². The van der Waals surface area contributed by atoms with Crippen LogP contribution in [0.5, 0.6) is 5.88 Å². The molecule has 2 heterocycles. The molecule has 1 aliphatic carbocycles. The van der Waals surface area contributed by atoms with Crippen molar-refractivity contribution in [3.8, 4) is 17.4 Å². The van der Waals surface area contributed by atoms with Crippen LogP contribution in [0.25, 0.3) is 11.5 Å². The zero-order valence-corrected chi connectivity index (χ0v) is 12.0. The smallest absolute Gasteiger partial charge is 0.233 e. The first-order valence-corrected chi connectivity index (χ1v) is 7.22. The molecule has 112 valence electrons. The Bertz CT molecular complexity index is 575. The molecule has 7 nitrogen and oxygen atoms in total. The Kier molecular flexibility index (Phi) is 4.10. The van der Waals surface area contributed by atoms with Crippen LogP contribution in [0.4, 0.5) is 0 Å². The van der Waals surface area contributed by atoms with Gasteiger partial charge in [-0.3, -0.25) is 0 Å². The molecule has 0 spiro atoms. The quantitative estimate of drug-likeness (QED) is 0.915. The summed E-state index contributed by atoms with van der Waals surface area (Å²) in [6.07, 6.45) is 4.36. The molecule has 21 heavy (non-hydrogen) atoms. The van der Waals surface area contributed by atoms with Crippen molar-refractivity contribution in [1.82, 2.24) is 20.3 Å². The Morgan fingerprint density at radius 3 is 2.67 bits per heavy atom. The Labute approximate surface area is 122 Å². The molecule has 0 aromatic carbocycles. The minimum Gasteiger partial charge on any atom is -0.480 e. The number of nitrogens with two attached hydrogens (primary N) is 1.